The van der Waals surface area contributed by atoms with Crippen LogP contribution in [-0.4, -0.2) is 31.1 Å². The standard InChI is InChI=1S/C19H40N2O.H3O4P/c1-5-7-8-9-10-11-12-13-14-15-16-17-19(22)20-18(6-2)21(3)4;1-5(2,3)4/h18H,5-17H2,1-4H3,(H,20,22);(H3,1,2,3,4)/p-3. The maximum Gasteiger partial charge on any atom is 0.221 e. The molecular weight excluding hydrogens is 367 g/mol. The van der Waals surface area contributed by atoms with Crippen molar-refractivity contribution >= 4 is 13.7 Å². The minimum absolute atomic E-state index is 0.181. The van der Waals surface area contributed by atoms with Gasteiger partial charge in [0.2, 0.25) is 5.91 Å². The molecule has 0 aromatic heterocycles. The van der Waals surface area contributed by atoms with E-state index in [-0.39, 0.29) is 12.1 Å². The monoisotopic (exact) mass is 407 g/mol. The van der Waals surface area contributed by atoms with Crippen LogP contribution in [0.2, 0.25) is 0 Å². The summed E-state index contributed by atoms with van der Waals surface area (Å²) >= 11 is 0. The Labute approximate surface area is 166 Å². The normalized spacial score (nSPS) is 12.4. The van der Waals surface area contributed by atoms with Crippen molar-refractivity contribution in [1.82, 2.24) is 10.2 Å². The van der Waals surface area contributed by atoms with Crippen molar-refractivity contribution in [3.05, 3.63) is 0 Å². The number of carbonyl (C=O) groups is 1. The van der Waals surface area contributed by atoms with Crippen molar-refractivity contribution in [2.75, 3.05) is 14.1 Å². The van der Waals surface area contributed by atoms with Crippen molar-refractivity contribution in [2.24, 2.45) is 0 Å². The number of hydrogen-bond donors (Lipinski definition) is 1. The highest BCUT2D eigenvalue weighted by Gasteiger charge is 2.11. The Morgan fingerprint density at radius 1 is 0.852 bits per heavy atom. The minimum Gasteiger partial charge on any atom is -0.822 e. The summed E-state index contributed by atoms with van der Waals surface area (Å²) in [4.78, 5) is 39.6. The van der Waals surface area contributed by atoms with Gasteiger partial charge in [0.25, 0.3) is 0 Å². The summed E-state index contributed by atoms with van der Waals surface area (Å²) in [7, 11) is -1.37. The van der Waals surface area contributed by atoms with Gasteiger partial charge in [0, 0.05) is 6.42 Å². The maximum atomic E-state index is 11.8. The molecule has 0 saturated carbocycles. The third-order valence-corrected chi connectivity index (χ3v) is 4.35. The van der Waals surface area contributed by atoms with Crippen LogP contribution in [0, 0.1) is 0 Å². The number of nitrogens with one attached hydrogen (secondary N) is 1. The summed E-state index contributed by atoms with van der Waals surface area (Å²) in [5, 5.41) is 3.09. The number of nitrogens with zero attached hydrogens (tertiary/aromatic N) is 1. The Morgan fingerprint density at radius 2 is 1.22 bits per heavy atom. The Balaban J connectivity index is 0. The quantitative estimate of drug-likeness (QED) is 0.253. The fraction of sp³-hybridized carbons (Fsp3) is 0.947. The fourth-order valence-electron chi connectivity index (χ4n) is 2.80. The van der Waals surface area contributed by atoms with Crippen LogP contribution in [0.1, 0.15) is 97.3 Å². The SMILES string of the molecule is CCCCCCCCCCCCCC(=O)NC(CC)N(C)C.O=P([O-])([O-])[O-]. The molecule has 164 valence electrons. The summed E-state index contributed by atoms with van der Waals surface area (Å²) in [6.07, 6.45) is 16.4. The molecule has 0 radical (unpaired) electrons. The number of rotatable bonds is 15. The average molecular weight is 408 g/mol. The van der Waals surface area contributed by atoms with E-state index in [1.165, 1.54) is 64.2 Å². The number of amides is 1. The Hall–Kier alpha value is -0.460. The van der Waals surface area contributed by atoms with Gasteiger partial charge in [-0.1, -0.05) is 78.1 Å². The van der Waals surface area contributed by atoms with E-state index in [0.717, 1.165) is 12.8 Å². The maximum absolute atomic E-state index is 11.8. The lowest BCUT2D eigenvalue weighted by atomic mass is 10.1. The Morgan fingerprint density at radius 3 is 1.56 bits per heavy atom. The Bertz CT molecular complexity index is 380. The molecule has 1 atom stereocenters. The van der Waals surface area contributed by atoms with Gasteiger partial charge in [0.15, 0.2) is 0 Å². The van der Waals surface area contributed by atoms with Crippen molar-refractivity contribution < 1.29 is 24.0 Å². The molecule has 27 heavy (non-hydrogen) atoms. The molecule has 0 aromatic rings. The molecular formula is C19H40N2O5P-3. The molecule has 0 heterocycles. The Kier molecular flexibility index (Phi) is 20.1. The second-order valence-corrected chi connectivity index (χ2v) is 8.08. The highest BCUT2D eigenvalue weighted by Crippen LogP contribution is 2.12. The lowest BCUT2D eigenvalue weighted by molar-refractivity contribution is -0.432. The molecule has 7 nitrogen and oxygen atoms in total. The van der Waals surface area contributed by atoms with Crippen LogP contribution >= 0.6 is 7.82 Å². The van der Waals surface area contributed by atoms with Gasteiger partial charge in [-0.05, 0) is 26.9 Å². The summed E-state index contributed by atoms with van der Waals surface area (Å²) < 4.78 is 8.55. The molecule has 1 N–H and O–H groups in total. The van der Waals surface area contributed by atoms with E-state index in [1.807, 2.05) is 14.1 Å². The van der Waals surface area contributed by atoms with Crippen molar-refractivity contribution in [3.63, 3.8) is 0 Å². The second kappa shape index (κ2) is 18.9. The first-order valence-electron chi connectivity index (χ1n) is 10.3. The molecule has 0 aliphatic rings. The van der Waals surface area contributed by atoms with Gasteiger partial charge in [0.1, 0.15) is 0 Å². The van der Waals surface area contributed by atoms with Crippen LogP contribution < -0.4 is 20.0 Å². The van der Waals surface area contributed by atoms with E-state index in [0.29, 0.717) is 6.42 Å². The highest BCUT2D eigenvalue weighted by molar-refractivity contribution is 7.40. The van der Waals surface area contributed by atoms with Gasteiger partial charge in [-0.2, -0.15) is 7.82 Å². The van der Waals surface area contributed by atoms with Gasteiger partial charge < -0.3 is 24.6 Å². The number of hydrogen-bond acceptors (Lipinski definition) is 6. The zero-order valence-electron chi connectivity index (χ0n) is 17.7. The van der Waals surface area contributed by atoms with Crippen LogP contribution in [-0.2, 0) is 9.36 Å². The van der Waals surface area contributed by atoms with E-state index < -0.39 is 7.82 Å². The summed E-state index contributed by atoms with van der Waals surface area (Å²) in [6.45, 7) is 4.37. The molecule has 1 amide bonds. The smallest absolute Gasteiger partial charge is 0.221 e. The van der Waals surface area contributed by atoms with Crippen molar-refractivity contribution in [3.8, 4) is 0 Å². The predicted octanol–water partition coefficient (Wildman–Crippen LogP) is 2.28. The number of phosphoric acid groups is 1. The second-order valence-electron chi connectivity index (χ2n) is 7.19. The van der Waals surface area contributed by atoms with Crippen LogP contribution in [0.4, 0.5) is 0 Å². The molecule has 0 aliphatic carbocycles. The van der Waals surface area contributed by atoms with Crippen LogP contribution in [0.15, 0.2) is 0 Å². The summed E-state index contributed by atoms with van der Waals surface area (Å²) in [5.41, 5.74) is 0. The summed E-state index contributed by atoms with van der Waals surface area (Å²) in [5.74, 6) is 0.205. The van der Waals surface area contributed by atoms with E-state index in [1.54, 1.807) is 0 Å². The molecule has 0 spiro atoms. The highest BCUT2D eigenvalue weighted by atomic mass is 31.2. The minimum atomic E-state index is -5.39. The zero-order valence-corrected chi connectivity index (χ0v) is 18.6. The third kappa shape index (κ3) is 27.9. The largest absolute Gasteiger partial charge is 0.822 e. The van der Waals surface area contributed by atoms with Gasteiger partial charge in [-0.15, -0.1) is 0 Å². The van der Waals surface area contributed by atoms with Gasteiger partial charge in [0.05, 0.1) is 6.17 Å². The van der Waals surface area contributed by atoms with E-state index in [9.17, 15) is 4.79 Å². The molecule has 0 rings (SSSR count). The average Bonchev–Trinajstić information content (AvgIpc) is 2.55. The molecule has 0 fully saturated rings. The van der Waals surface area contributed by atoms with Crippen LogP contribution in [0.5, 0.6) is 0 Å². The molecule has 8 heteroatoms. The lowest BCUT2D eigenvalue weighted by Crippen LogP contribution is -2.44. The molecule has 0 aromatic carbocycles. The van der Waals surface area contributed by atoms with E-state index in [4.69, 9.17) is 19.2 Å². The van der Waals surface area contributed by atoms with Crippen molar-refractivity contribution in [1.29, 1.82) is 0 Å². The van der Waals surface area contributed by atoms with Crippen LogP contribution in [0.3, 0.4) is 0 Å². The van der Waals surface area contributed by atoms with Gasteiger partial charge >= 0.3 is 0 Å². The first kappa shape index (κ1) is 28.7. The van der Waals surface area contributed by atoms with Crippen LogP contribution in [0.25, 0.3) is 0 Å². The number of unbranched alkanes of at least 4 members (excludes halogenated alkanes) is 10. The molecule has 0 aliphatic heterocycles. The first-order chi connectivity index (χ1) is 12.6. The molecule has 0 bridgehead atoms. The zero-order chi connectivity index (χ0) is 21.1. The lowest BCUT2D eigenvalue weighted by Gasteiger charge is -2.36. The molecule has 1 unspecified atom stereocenters. The fourth-order valence-corrected chi connectivity index (χ4v) is 2.80. The first-order valence-corrected chi connectivity index (χ1v) is 11.8. The predicted molar refractivity (Wildman–Crippen MR) is 105 cm³/mol. The van der Waals surface area contributed by atoms with E-state index >= 15 is 0 Å². The summed E-state index contributed by atoms with van der Waals surface area (Å²) in [6, 6.07) is 0. The van der Waals surface area contributed by atoms with E-state index in [2.05, 4.69) is 24.1 Å². The topological polar surface area (TPSA) is 119 Å². The van der Waals surface area contributed by atoms with Crippen molar-refractivity contribution in [2.45, 2.75) is 103 Å². The number of carbonyl (C=O) groups excluding carboxylic acids is 1. The van der Waals surface area contributed by atoms with Gasteiger partial charge in [-0.25, -0.2) is 0 Å². The molecule has 0 saturated heterocycles. The van der Waals surface area contributed by atoms with Gasteiger partial charge in [-0.3, -0.25) is 9.69 Å². The third-order valence-electron chi connectivity index (χ3n) is 4.35.